The number of aromatic nitrogens is 2. The number of benzene rings is 1. The number of amides is 1. The van der Waals surface area contributed by atoms with E-state index in [0.717, 1.165) is 17.9 Å². The number of carbonyl (C=O) groups excluding carboxylic acids is 1. The smallest absolute Gasteiger partial charge is 0.246 e. The zero-order valence-electron chi connectivity index (χ0n) is 13.6. The number of likely N-dealkylation sites (N-methyl/N-ethyl adjacent to an activating group) is 1. The van der Waals surface area contributed by atoms with Gasteiger partial charge in [0.05, 0.1) is 6.04 Å². The third kappa shape index (κ3) is 4.29. The minimum atomic E-state index is -0.149. The predicted molar refractivity (Wildman–Crippen MR) is 90.6 cm³/mol. The third-order valence-electron chi connectivity index (χ3n) is 3.87. The second-order valence-corrected chi connectivity index (χ2v) is 5.29. The molecule has 1 aromatic carbocycles. The molecule has 122 valence electrons. The zero-order valence-corrected chi connectivity index (χ0v) is 13.6. The first kappa shape index (κ1) is 17.0. The Kier molecular flexibility index (Phi) is 6.11. The Balaban J connectivity index is 2.13. The summed E-state index contributed by atoms with van der Waals surface area (Å²) >= 11 is 0. The molecule has 0 aliphatic rings. The van der Waals surface area contributed by atoms with Crippen LogP contribution in [0.2, 0.25) is 0 Å². The fraction of sp³-hybridized carbons (Fsp3) is 0.333. The maximum absolute atomic E-state index is 12.4. The van der Waals surface area contributed by atoms with Gasteiger partial charge in [0.1, 0.15) is 5.82 Å². The van der Waals surface area contributed by atoms with Gasteiger partial charge < -0.3 is 14.6 Å². The Hall–Kier alpha value is -2.40. The van der Waals surface area contributed by atoms with Crippen molar-refractivity contribution in [3.8, 4) is 0 Å². The number of hydrogen-bond donors (Lipinski definition) is 1. The first-order valence-electron chi connectivity index (χ1n) is 7.79. The molecule has 23 heavy (non-hydrogen) atoms. The summed E-state index contributed by atoms with van der Waals surface area (Å²) in [6, 6.07) is 9.60. The Morgan fingerprint density at radius 2 is 2.13 bits per heavy atom. The van der Waals surface area contributed by atoms with Crippen LogP contribution in [0.4, 0.5) is 0 Å². The second kappa shape index (κ2) is 8.29. The number of hydrogen-bond acceptors (Lipinski definition) is 3. The molecule has 0 saturated heterocycles. The molecule has 2 aromatic rings. The van der Waals surface area contributed by atoms with Crippen LogP contribution in [-0.2, 0) is 11.3 Å². The summed E-state index contributed by atoms with van der Waals surface area (Å²) in [6.45, 7) is 2.86. The molecule has 1 aromatic heterocycles. The van der Waals surface area contributed by atoms with Crippen molar-refractivity contribution in [3.63, 3.8) is 0 Å². The number of imidazole rings is 1. The summed E-state index contributed by atoms with van der Waals surface area (Å²) in [7, 11) is 1.76. The van der Waals surface area contributed by atoms with E-state index in [9.17, 15) is 9.90 Å². The van der Waals surface area contributed by atoms with Crippen LogP contribution in [0, 0.1) is 0 Å². The van der Waals surface area contributed by atoms with Gasteiger partial charge in [-0.15, -0.1) is 0 Å². The van der Waals surface area contributed by atoms with Crippen molar-refractivity contribution in [1.82, 2.24) is 14.5 Å². The molecule has 1 atom stereocenters. The van der Waals surface area contributed by atoms with Gasteiger partial charge in [-0.2, -0.15) is 0 Å². The van der Waals surface area contributed by atoms with E-state index in [1.54, 1.807) is 24.2 Å². The van der Waals surface area contributed by atoms with Gasteiger partial charge in [-0.05, 0) is 25.0 Å². The molecule has 0 aliphatic carbocycles. The molecule has 1 heterocycles. The van der Waals surface area contributed by atoms with E-state index >= 15 is 0 Å². The highest BCUT2D eigenvalue weighted by molar-refractivity contribution is 5.91. The molecule has 0 aliphatic heterocycles. The van der Waals surface area contributed by atoms with Gasteiger partial charge in [0, 0.05) is 38.7 Å². The molecular formula is C18H23N3O2. The highest BCUT2D eigenvalue weighted by Crippen LogP contribution is 2.23. The van der Waals surface area contributed by atoms with Crippen LogP contribution in [0.15, 0.2) is 48.8 Å². The Bertz CT molecular complexity index is 649. The third-order valence-corrected chi connectivity index (χ3v) is 3.87. The molecule has 5 heteroatoms. The Labute approximate surface area is 136 Å². The maximum atomic E-state index is 12.4. The quantitative estimate of drug-likeness (QED) is 0.799. The van der Waals surface area contributed by atoms with Crippen molar-refractivity contribution in [2.75, 3.05) is 13.7 Å². The summed E-state index contributed by atoms with van der Waals surface area (Å²) < 4.78 is 1.96. The van der Waals surface area contributed by atoms with E-state index < -0.39 is 0 Å². The summed E-state index contributed by atoms with van der Waals surface area (Å²) in [5, 5.41) is 9.31. The van der Waals surface area contributed by atoms with Crippen molar-refractivity contribution < 1.29 is 9.90 Å². The van der Waals surface area contributed by atoms with E-state index in [0.29, 0.717) is 6.42 Å². The standard InChI is InChI=1S/C18H23N3O2/c1-3-21-13-12-19-17(21)9-10-18(23)20(2)16(11-14-22)15-7-5-4-6-8-15/h4-10,12-13,16,22H,3,11,14H2,1-2H3/b10-9+. The first-order chi connectivity index (χ1) is 11.2. The lowest BCUT2D eigenvalue weighted by atomic mass is 10.0. The lowest BCUT2D eigenvalue weighted by Crippen LogP contribution is -2.30. The molecule has 0 fully saturated rings. The Morgan fingerprint density at radius 1 is 1.39 bits per heavy atom. The van der Waals surface area contributed by atoms with Crippen molar-refractivity contribution >= 4 is 12.0 Å². The van der Waals surface area contributed by atoms with E-state index in [1.807, 2.05) is 48.0 Å². The molecule has 1 amide bonds. The van der Waals surface area contributed by atoms with E-state index in [1.165, 1.54) is 6.08 Å². The predicted octanol–water partition coefficient (Wildman–Crippen LogP) is 2.50. The van der Waals surface area contributed by atoms with Crippen LogP contribution in [0.25, 0.3) is 6.08 Å². The van der Waals surface area contributed by atoms with E-state index in [-0.39, 0.29) is 18.6 Å². The highest BCUT2D eigenvalue weighted by Gasteiger charge is 2.19. The molecule has 0 bridgehead atoms. The zero-order chi connectivity index (χ0) is 16.7. The summed E-state index contributed by atoms with van der Waals surface area (Å²) in [5.74, 6) is 0.644. The summed E-state index contributed by atoms with van der Waals surface area (Å²) in [4.78, 5) is 18.3. The van der Waals surface area contributed by atoms with Gasteiger partial charge in [-0.25, -0.2) is 4.98 Å². The fourth-order valence-corrected chi connectivity index (χ4v) is 2.55. The first-order valence-corrected chi connectivity index (χ1v) is 7.79. The average Bonchev–Trinajstić information content (AvgIpc) is 3.05. The molecule has 0 radical (unpaired) electrons. The molecule has 0 spiro atoms. The largest absolute Gasteiger partial charge is 0.396 e. The minimum absolute atomic E-state index is 0.0289. The van der Waals surface area contributed by atoms with Gasteiger partial charge in [0.15, 0.2) is 0 Å². The Morgan fingerprint density at radius 3 is 2.78 bits per heavy atom. The van der Waals surface area contributed by atoms with Gasteiger partial charge in [-0.1, -0.05) is 30.3 Å². The second-order valence-electron chi connectivity index (χ2n) is 5.29. The van der Waals surface area contributed by atoms with Crippen molar-refractivity contribution in [1.29, 1.82) is 0 Å². The SMILES string of the molecule is CCn1ccnc1/C=C/C(=O)N(C)C(CCO)c1ccccc1. The summed E-state index contributed by atoms with van der Waals surface area (Å²) in [5.41, 5.74) is 1.01. The number of rotatable bonds is 7. The molecule has 0 saturated carbocycles. The lowest BCUT2D eigenvalue weighted by molar-refractivity contribution is -0.127. The van der Waals surface area contributed by atoms with Crippen LogP contribution >= 0.6 is 0 Å². The van der Waals surface area contributed by atoms with Gasteiger partial charge >= 0.3 is 0 Å². The van der Waals surface area contributed by atoms with E-state index in [2.05, 4.69) is 4.98 Å². The number of nitrogens with zero attached hydrogens (tertiary/aromatic N) is 3. The van der Waals surface area contributed by atoms with Gasteiger partial charge in [0.2, 0.25) is 5.91 Å². The molecule has 2 rings (SSSR count). The molecule has 1 N–H and O–H groups in total. The molecule has 5 nitrogen and oxygen atoms in total. The highest BCUT2D eigenvalue weighted by atomic mass is 16.3. The van der Waals surface area contributed by atoms with Crippen LogP contribution in [0.5, 0.6) is 0 Å². The van der Waals surface area contributed by atoms with E-state index in [4.69, 9.17) is 0 Å². The molecular weight excluding hydrogens is 290 g/mol. The van der Waals surface area contributed by atoms with Crippen LogP contribution in [0.1, 0.15) is 30.8 Å². The fourth-order valence-electron chi connectivity index (χ4n) is 2.55. The van der Waals surface area contributed by atoms with Crippen molar-refractivity contribution in [3.05, 3.63) is 60.2 Å². The topological polar surface area (TPSA) is 58.4 Å². The van der Waals surface area contributed by atoms with Gasteiger partial charge in [0.25, 0.3) is 0 Å². The van der Waals surface area contributed by atoms with Crippen molar-refractivity contribution in [2.45, 2.75) is 25.9 Å². The number of aliphatic hydroxyl groups is 1. The average molecular weight is 313 g/mol. The monoisotopic (exact) mass is 313 g/mol. The minimum Gasteiger partial charge on any atom is -0.396 e. The molecule has 1 unspecified atom stereocenters. The van der Waals surface area contributed by atoms with Crippen molar-refractivity contribution in [2.24, 2.45) is 0 Å². The van der Waals surface area contributed by atoms with Gasteiger partial charge in [-0.3, -0.25) is 4.79 Å². The van der Waals surface area contributed by atoms with Crippen LogP contribution in [-0.4, -0.2) is 39.1 Å². The van der Waals surface area contributed by atoms with Crippen LogP contribution in [0.3, 0.4) is 0 Å². The lowest BCUT2D eigenvalue weighted by Gasteiger charge is -2.27. The number of aryl methyl sites for hydroxylation is 1. The number of carbonyl (C=O) groups is 1. The summed E-state index contributed by atoms with van der Waals surface area (Å²) in [6.07, 6.45) is 7.36. The number of aliphatic hydroxyl groups excluding tert-OH is 1. The maximum Gasteiger partial charge on any atom is 0.246 e. The van der Waals surface area contributed by atoms with Crippen LogP contribution < -0.4 is 0 Å². The normalized spacial score (nSPS) is 12.5.